The summed E-state index contributed by atoms with van der Waals surface area (Å²) >= 11 is 0. The lowest BCUT2D eigenvalue weighted by molar-refractivity contribution is 0.112. The molecule has 0 radical (unpaired) electrons. The van der Waals surface area contributed by atoms with E-state index in [1.165, 1.54) is 0 Å². The average molecular weight is 241 g/mol. The Hall–Kier alpha value is -1.30. The van der Waals surface area contributed by atoms with Gasteiger partial charge >= 0.3 is 6.03 Å². The quantitative estimate of drug-likeness (QED) is 0.539. The first-order valence-electron chi connectivity index (χ1n) is 6.01. The first-order chi connectivity index (χ1) is 7.97. The van der Waals surface area contributed by atoms with E-state index >= 15 is 0 Å². The van der Waals surface area contributed by atoms with E-state index < -0.39 is 0 Å². The van der Waals surface area contributed by atoms with Crippen LogP contribution in [0.2, 0.25) is 0 Å². The highest BCUT2D eigenvalue weighted by atomic mass is 16.2. The second-order valence-corrected chi connectivity index (χ2v) is 4.58. The van der Waals surface area contributed by atoms with E-state index in [2.05, 4.69) is 4.90 Å². The molecule has 3 N–H and O–H groups in total. The van der Waals surface area contributed by atoms with Gasteiger partial charge in [0.2, 0.25) is 0 Å². The Morgan fingerprint density at radius 1 is 1.35 bits per heavy atom. The van der Waals surface area contributed by atoms with Crippen molar-refractivity contribution in [2.45, 2.75) is 19.4 Å². The molecular weight excluding hydrogens is 218 g/mol. The third kappa shape index (κ3) is 3.33. The van der Waals surface area contributed by atoms with Gasteiger partial charge < -0.3 is 15.5 Å². The molecule has 98 valence electrons. The summed E-state index contributed by atoms with van der Waals surface area (Å²) in [6.07, 6.45) is 0.844. The van der Waals surface area contributed by atoms with Gasteiger partial charge in [-0.25, -0.2) is 4.79 Å². The fraction of sp³-hybridized carbons (Fsp3) is 0.818. The van der Waals surface area contributed by atoms with Crippen molar-refractivity contribution in [3.8, 4) is 0 Å². The molecule has 1 atom stereocenters. The predicted molar refractivity (Wildman–Crippen MR) is 68.2 cm³/mol. The number of amidine groups is 1. The van der Waals surface area contributed by atoms with E-state index in [1.54, 1.807) is 19.0 Å². The summed E-state index contributed by atoms with van der Waals surface area (Å²) in [6.45, 7) is 5.03. The van der Waals surface area contributed by atoms with E-state index in [9.17, 15) is 4.79 Å². The Labute approximate surface area is 103 Å². The van der Waals surface area contributed by atoms with E-state index in [-0.39, 0.29) is 17.9 Å². The standard InChI is InChI=1S/C11H23N5O/c1-4-9(10(12)13)15-5-7-16(8-6-15)11(17)14(2)3/h9H,4-8H2,1-3H3,(H3,12,13). The third-order valence-corrected chi connectivity index (χ3v) is 3.15. The van der Waals surface area contributed by atoms with Crippen LogP contribution in [0.4, 0.5) is 4.79 Å². The number of hydrogen-bond acceptors (Lipinski definition) is 3. The molecular formula is C11H23N5O. The van der Waals surface area contributed by atoms with Crippen molar-refractivity contribution in [3.05, 3.63) is 0 Å². The van der Waals surface area contributed by atoms with Gasteiger partial charge in [-0.3, -0.25) is 10.3 Å². The van der Waals surface area contributed by atoms with Crippen LogP contribution in [0.3, 0.4) is 0 Å². The average Bonchev–Trinajstić information content (AvgIpc) is 2.29. The molecule has 1 aliphatic heterocycles. The highest BCUT2D eigenvalue weighted by Crippen LogP contribution is 2.10. The van der Waals surface area contributed by atoms with Crippen LogP contribution in [0, 0.1) is 5.41 Å². The molecule has 0 aliphatic carbocycles. The van der Waals surface area contributed by atoms with Crippen molar-refractivity contribution in [2.75, 3.05) is 40.3 Å². The largest absolute Gasteiger partial charge is 0.386 e. The number of urea groups is 1. The summed E-state index contributed by atoms with van der Waals surface area (Å²) in [6, 6.07) is 0.0760. The molecule has 1 heterocycles. The summed E-state index contributed by atoms with van der Waals surface area (Å²) in [5, 5.41) is 7.54. The number of hydrogen-bond donors (Lipinski definition) is 2. The summed E-state index contributed by atoms with van der Waals surface area (Å²) < 4.78 is 0. The van der Waals surface area contributed by atoms with Crippen molar-refractivity contribution in [1.82, 2.24) is 14.7 Å². The fourth-order valence-electron chi connectivity index (χ4n) is 2.18. The summed E-state index contributed by atoms with van der Waals surface area (Å²) in [4.78, 5) is 17.4. The molecule has 1 rings (SSSR count). The summed E-state index contributed by atoms with van der Waals surface area (Å²) in [5.74, 6) is 0.222. The van der Waals surface area contributed by atoms with Crippen molar-refractivity contribution in [2.24, 2.45) is 5.73 Å². The van der Waals surface area contributed by atoms with Crippen molar-refractivity contribution < 1.29 is 4.79 Å². The molecule has 1 unspecified atom stereocenters. The van der Waals surface area contributed by atoms with Crippen LogP contribution >= 0.6 is 0 Å². The van der Waals surface area contributed by atoms with E-state index in [1.807, 2.05) is 11.8 Å². The van der Waals surface area contributed by atoms with Gasteiger partial charge in [0, 0.05) is 40.3 Å². The number of nitrogens with one attached hydrogen (secondary N) is 1. The molecule has 2 amide bonds. The highest BCUT2D eigenvalue weighted by Gasteiger charge is 2.27. The molecule has 17 heavy (non-hydrogen) atoms. The molecule has 1 aliphatic rings. The lowest BCUT2D eigenvalue weighted by atomic mass is 10.1. The monoisotopic (exact) mass is 241 g/mol. The van der Waals surface area contributed by atoms with E-state index in [0.717, 1.165) is 19.5 Å². The zero-order chi connectivity index (χ0) is 13.0. The number of nitrogens with two attached hydrogens (primary N) is 1. The Morgan fingerprint density at radius 3 is 2.24 bits per heavy atom. The molecule has 0 aromatic heterocycles. The molecule has 1 saturated heterocycles. The van der Waals surface area contributed by atoms with Gasteiger partial charge in [-0.1, -0.05) is 6.92 Å². The molecule has 6 heteroatoms. The molecule has 0 saturated carbocycles. The van der Waals surface area contributed by atoms with Gasteiger partial charge in [-0.15, -0.1) is 0 Å². The number of piperazine rings is 1. The molecule has 1 fully saturated rings. The number of nitrogens with zero attached hydrogens (tertiary/aromatic N) is 3. The van der Waals surface area contributed by atoms with Crippen molar-refractivity contribution >= 4 is 11.9 Å². The Morgan fingerprint density at radius 2 is 1.88 bits per heavy atom. The van der Waals surface area contributed by atoms with Crippen molar-refractivity contribution in [3.63, 3.8) is 0 Å². The topological polar surface area (TPSA) is 76.7 Å². The van der Waals surface area contributed by atoms with Crippen LogP contribution in [0.5, 0.6) is 0 Å². The minimum absolute atomic E-state index is 0.0200. The van der Waals surface area contributed by atoms with Gasteiger partial charge in [-0.05, 0) is 6.42 Å². The maximum atomic E-state index is 11.7. The maximum Gasteiger partial charge on any atom is 0.319 e. The van der Waals surface area contributed by atoms with Gasteiger partial charge in [0.25, 0.3) is 0 Å². The van der Waals surface area contributed by atoms with Crippen LogP contribution in [0.15, 0.2) is 0 Å². The van der Waals surface area contributed by atoms with Gasteiger partial charge in [0.15, 0.2) is 0 Å². The molecule has 0 bridgehead atoms. The second-order valence-electron chi connectivity index (χ2n) is 4.58. The van der Waals surface area contributed by atoms with Crippen LogP contribution in [0.1, 0.15) is 13.3 Å². The first kappa shape index (κ1) is 13.8. The predicted octanol–water partition coefficient (Wildman–Crippen LogP) is 0.000170. The van der Waals surface area contributed by atoms with Gasteiger partial charge in [0.1, 0.15) is 5.84 Å². The minimum Gasteiger partial charge on any atom is -0.386 e. The van der Waals surface area contributed by atoms with Crippen LogP contribution < -0.4 is 5.73 Å². The zero-order valence-corrected chi connectivity index (χ0v) is 10.9. The lowest BCUT2D eigenvalue weighted by Crippen LogP contribution is -2.56. The maximum absolute atomic E-state index is 11.7. The molecule has 0 spiro atoms. The number of carbonyl (C=O) groups excluding carboxylic acids is 1. The molecule has 0 aromatic rings. The molecule has 6 nitrogen and oxygen atoms in total. The summed E-state index contributed by atoms with van der Waals surface area (Å²) in [5.41, 5.74) is 5.57. The third-order valence-electron chi connectivity index (χ3n) is 3.15. The van der Waals surface area contributed by atoms with Crippen LogP contribution in [-0.4, -0.2) is 72.9 Å². The number of carbonyl (C=O) groups is 1. The summed E-state index contributed by atoms with van der Waals surface area (Å²) in [7, 11) is 3.53. The van der Waals surface area contributed by atoms with Crippen LogP contribution in [0.25, 0.3) is 0 Å². The first-order valence-corrected chi connectivity index (χ1v) is 6.01. The van der Waals surface area contributed by atoms with Gasteiger partial charge in [0.05, 0.1) is 6.04 Å². The SMILES string of the molecule is CCC(C(=N)N)N1CCN(C(=O)N(C)C)CC1. The van der Waals surface area contributed by atoms with E-state index in [4.69, 9.17) is 11.1 Å². The normalized spacial score (nSPS) is 18.9. The van der Waals surface area contributed by atoms with Crippen LogP contribution in [-0.2, 0) is 0 Å². The number of amides is 2. The highest BCUT2D eigenvalue weighted by molar-refractivity contribution is 5.82. The fourth-order valence-corrected chi connectivity index (χ4v) is 2.18. The molecule has 0 aromatic carbocycles. The van der Waals surface area contributed by atoms with Gasteiger partial charge in [-0.2, -0.15) is 0 Å². The minimum atomic E-state index is 0.0200. The van der Waals surface area contributed by atoms with Crippen molar-refractivity contribution in [1.29, 1.82) is 5.41 Å². The lowest BCUT2D eigenvalue weighted by Gasteiger charge is -2.39. The Balaban J connectivity index is 2.50. The Bertz CT molecular complexity index is 284. The number of rotatable bonds is 3. The Kier molecular flexibility index (Phi) is 4.74. The zero-order valence-electron chi connectivity index (χ0n) is 10.9. The van der Waals surface area contributed by atoms with E-state index in [0.29, 0.717) is 13.1 Å². The smallest absolute Gasteiger partial charge is 0.319 e. The second kappa shape index (κ2) is 5.86.